The average molecular weight is 346 g/mol. The van der Waals surface area contributed by atoms with E-state index in [1.807, 2.05) is 4.90 Å². The number of fused-ring (bicyclic) bond motifs is 1. The maximum Gasteiger partial charge on any atom is 0.254 e. The van der Waals surface area contributed by atoms with E-state index in [1.54, 1.807) is 0 Å². The summed E-state index contributed by atoms with van der Waals surface area (Å²) in [4.78, 5) is 36.9. The lowest BCUT2D eigenvalue weighted by atomic mass is 9.93. The van der Waals surface area contributed by atoms with Gasteiger partial charge in [-0.3, -0.25) is 9.59 Å². The molecule has 0 bridgehead atoms. The third-order valence-corrected chi connectivity index (χ3v) is 5.81. The van der Waals surface area contributed by atoms with Crippen LogP contribution in [0, 0.1) is 5.92 Å². The zero-order chi connectivity index (χ0) is 18.0. The summed E-state index contributed by atoms with van der Waals surface area (Å²) in [6.07, 6.45) is 4.34. The molecule has 0 saturated carbocycles. The molecule has 1 N–H and O–H groups in total. The number of rotatable bonds is 4. The molecule has 2 aliphatic rings. The molecule has 1 aromatic heterocycles. The van der Waals surface area contributed by atoms with Crippen LogP contribution in [0.15, 0.2) is 4.79 Å². The van der Waals surface area contributed by atoms with Gasteiger partial charge < -0.3 is 14.8 Å². The predicted molar refractivity (Wildman–Crippen MR) is 97.5 cm³/mol. The maximum atomic E-state index is 12.5. The average Bonchev–Trinajstić information content (AvgIpc) is 2.62. The number of carbonyl (C=O) groups is 1. The first kappa shape index (κ1) is 18.1. The molecule has 3 heterocycles. The highest BCUT2D eigenvalue weighted by Gasteiger charge is 2.29. The van der Waals surface area contributed by atoms with Crippen molar-refractivity contribution in [2.45, 2.75) is 58.4 Å². The quantitative estimate of drug-likeness (QED) is 0.904. The first-order chi connectivity index (χ1) is 12.0. The Morgan fingerprint density at radius 3 is 2.56 bits per heavy atom. The van der Waals surface area contributed by atoms with Crippen LogP contribution in [0.5, 0.6) is 0 Å². The molecule has 0 unspecified atom stereocenters. The number of piperidine rings is 1. The van der Waals surface area contributed by atoms with Crippen molar-refractivity contribution in [1.82, 2.24) is 19.8 Å². The number of carbonyl (C=O) groups excluding carboxylic acids is 1. The van der Waals surface area contributed by atoms with Crippen molar-refractivity contribution in [3.05, 3.63) is 27.4 Å². The van der Waals surface area contributed by atoms with E-state index in [2.05, 4.69) is 30.8 Å². The fourth-order valence-electron chi connectivity index (χ4n) is 4.05. The topological polar surface area (TPSA) is 69.3 Å². The normalized spacial score (nSPS) is 19.3. The Bertz CT molecular complexity index is 672. The summed E-state index contributed by atoms with van der Waals surface area (Å²) in [7, 11) is 2.06. The van der Waals surface area contributed by atoms with Crippen molar-refractivity contribution in [2.75, 3.05) is 26.7 Å². The molecule has 0 spiro atoms. The number of hydrogen-bond donors (Lipinski definition) is 1. The van der Waals surface area contributed by atoms with Crippen LogP contribution < -0.4 is 5.56 Å². The van der Waals surface area contributed by atoms with Crippen molar-refractivity contribution in [3.8, 4) is 0 Å². The van der Waals surface area contributed by atoms with Gasteiger partial charge >= 0.3 is 0 Å². The van der Waals surface area contributed by atoms with Crippen molar-refractivity contribution < 1.29 is 4.79 Å². The zero-order valence-electron chi connectivity index (χ0n) is 15.7. The smallest absolute Gasteiger partial charge is 0.254 e. The minimum absolute atomic E-state index is 0.0311. The Labute approximate surface area is 149 Å². The highest BCUT2D eigenvalue weighted by molar-refractivity contribution is 5.78. The number of likely N-dealkylation sites (tertiary alicyclic amines) is 1. The lowest BCUT2D eigenvalue weighted by molar-refractivity contribution is -0.136. The largest absolute Gasteiger partial charge is 0.342 e. The number of aromatic nitrogens is 2. The third-order valence-electron chi connectivity index (χ3n) is 5.81. The monoisotopic (exact) mass is 346 g/mol. The second-order valence-electron chi connectivity index (χ2n) is 7.48. The van der Waals surface area contributed by atoms with E-state index in [0.717, 1.165) is 75.4 Å². The Balaban J connectivity index is 1.69. The van der Waals surface area contributed by atoms with Gasteiger partial charge in [-0.1, -0.05) is 13.8 Å². The highest BCUT2D eigenvalue weighted by atomic mass is 16.2. The molecule has 25 heavy (non-hydrogen) atoms. The molecule has 3 rings (SSSR count). The fourth-order valence-corrected chi connectivity index (χ4v) is 4.05. The molecule has 1 amide bonds. The first-order valence-electron chi connectivity index (χ1n) is 9.62. The van der Waals surface area contributed by atoms with Gasteiger partial charge in [0.2, 0.25) is 5.91 Å². The van der Waals surface area contributed by atoms with Crippen LogP contribution in [0.4, 0.5) is 0 Å². The van der Waals surface area contributed by atoms with Crippen molar-refractivity contribution >= 4 is 5.91 Å². The molecular formula is C19H30N4O2. The van der Waals surface area contributed by atoms with Gasteiger partial charge in [-0.15, -0.1) is 0 Å². The van der Waals surface area contributed by atoms with Gasteiger partial charge in [0.15, 0.2) is 0 Å². The molecule has 1 saturated heterocycles. The summed E-state index contributed by atoms with van der Waals surface area (Å²) < 4.78 is 0. The van der Waals surface area contributed by atoms with Crippen LogP contribution >= 0.6 is 0 Å². The summed E-state index contributed by atoms with van der Waals surface area (Å²) in [6, 6.07) is 0. The highest BCUT2D eigenvalue weighted by Crippen LogP contribution is 2.27. The van der Waals surface area contributed by atoms with Gasteiger partial charge in [0.05, 0.1) is 5.69 Å². The van der Waals surface area contributed by atoms with Gasteiger partial charge in [-0.2, -0.15) is 0 Å². The second-order valence-corrected chi connectivity index (χ2v) is 7.48. The summed E-state index contributed by atoms with van der Waals surface area (Å²) in [5, 5.41) is 0. The van der Waals surface area contributed by atoms with E-state index in [1.165, 1.54) is 0 Å². The summed E-state index contributed by atoms with van der Waals surface area (Å²) in [5.41, 5.74) is 1.81. The van der Waals surface area contributed by atoms with Crippen molar-refractivity contribution in [1.29, 1.82) is 0 Å². The number of H-pyrrole nitrogens is 1. The molecular weight excluding hydrogens is 316 g/mol. The van der Waals surface area contributed by atoms with Crippen LogP contribution in [0.3, 0.4) is 0 Å². The molecule has 0 aliphatic carbocycles. The molecule has 0 radical (unpaired) electrons. The van der Waals surface area contributed by atoms with Crippen molar-refractivity contribution in [3.63, 3.8) is 0 Å². The van der Waals surface area contributed by atoms with Gasteiger partial charge in [0.25, 0.3) is 5.56 Å². The Hall–Kier alpha value is -1.69. The molecule has 1 aromatic rings. The van der Waals surface area contributed by atoms with E-state index < -0.39 is 0 Å². The summed E-state index contributed by atoms with van der Waals surface area (Å²) >= 11 is 0. The van der Waals surface area contributed by atoms with Crippen molar-refractivity contribution in [2.24, 2.45) is 5.92 Å². The third kappa shape index (κ3) is 3.78. The number of nitrogens with zero attached hydrogens (tertiary/aromatic N) is 3. The van der Waals surface area contributed by atoms with Crippen LogP contribution in [0.25, 0.3) is 0 Å². The van der Waals surface area contributed by atoms with Gasteiger partial charge in [0.1, 0.15) is 5.82 Å². The molecule has 0 aromatic carbocycles. The van der Waals surface area contributed by atoms with Gasteiger partial charge in [-0.05, 0) is 39.2 Å². The van der Waals surface area contributed by atoms with Gasteiger partial charge in [0, 0.05) is 43.6 Å². The second kappa shape index (κ2) is 7.68. The van der Waals surface area contributed by atoms with E-state index in [-0.39, 0.29) is 23.3 Å². The number of amides is 1. The summed E-state index contributed by atoms with van der Waals surface area (Å²) in [5.74, 6) is 1.50. The Morgan fingerprint density at radius 1 is 1.24 bits per heavy atom. The number of hydrogen-bond acceptors (Lipinski definition) is 4. The minimum atomic E-state index is 0.0311. The molecule has 2 aliphatic heterocycles. The van der Waals surface area contributed by atoms with Crippen LogP contribution in [-0.4, -0.2) is 52.4 Å². The minimum Gasteiger partial charge on any atom is -0.342 e. The lowest BCUT2D eigenvalue weighted by Gasteiger charge is -2.34. The van der Waals surface area contributed by atoms with Crippen LogP contribution in [0.1, 0.15) is 62.5 Å². The Kier molecular flexibility index (Phi) is 5.57. The molecule has 1 fully saturated rings. The summed E-state index contributed by atoms with van der Waals surface area (Å²) in [6.45, 7) is 7.35. The molecule has 6 heteroatoms. The van der Waals surface area contributed by atoms with E-state index in [4.69, 9.17) is 4.98 Å². The molecule has 138 valence electrons. The van der Waals surface area contributed by atoms with E-state index >= 15 is 0 Å². The molecule has 0 atom stereocenters. The standard InChI is InChI=1S/C19H30N4O2/c1-4-13(5-2)19(25)23-10-6-14(7-11-23)17-20-16-12-22(3)9-8-15(16)18(24)21-17/h13-14H,4-12H2,1-3H3,(H,20,21,24). The lowest BCUT2D eigenvalue weighted by Crippen LogP contribution is -2.42. The maximum absolute atomic E-state index is 12.5. The fraction of sp³-hybridized carbons (Fsp3) is 0.737. The van der Waals surface area contributed by atoms with Gasteiger partial charge in [-0.25, -0.2) is 4.98 Å². The molecule has 6 nitrogen and oxygen atoms in total. The first-order valence-corrected chi connectivity index (χ1v) is 9.62. The van der Waals surface area contributed by atoms with Crippen LogP contribution in [-0.2, 0) is 17.8 Å². The van der Waals surface area contributed by atoms with E-state index in [0.29, 0.717) is 0 Å². The number of aromatic amines is 1. The predicted octanol–water partition coefficient (Wildman–Crippen LogP) is 1.90. The van der Waals surface area contributed by atoms with E-state index in [9.17, 15) is 9.59 Å². The Morgan fingerprint density at radius 2 is 1.92 bits per heavy atom. The number of likely N-dealkylation sites (N-methyl/N-ethyl adjacent to an activating group) is 1. The number of nitrogens with one attached hydrogen (secondary N) is 1. The SMILES string of the molecule is CCC(CC)C(=O)N1CCC(c2nc3c(c(=O)[nH]2)CCN(C)C3)CC1. The zero-order valence-corrected chi connectivity index (χ0v) is 15.7. The van der Waals surface area contributed by atoms with Crippen LogP contribution in [0.2, 0.25) is 0 Å².